The topological polar surface area (TPSA) is 103 Å². The molecule has 1 aliphatic heterocycles. The smallest absolute Gasteiger partial charge is 0.225 e. The highest BCUT2D eigenvalue weighted by Crippen LogP contribution is 2.15. The van der Waals surface area contributed by atoms with Crippen molar-refractivity contribution in [3.8, 4) is 0 Å². The van der Waals surface area contributed by atoms with Gasteiger partial charge in [0.15, 0.2) is 5.96 Å². The van der Waals surface area contributed by atoms with Gasteiger partial charge >= 0.3 is 0 Å². The number of benzene rings is 1. The second-order valence-corrected chi connectivity index (χ2v) is 5.69. The highest BCUT2D eigenvalue weighted by atomic mass is 16.5. The van der Waals surface area contributed by atoms with Crippen molar-refractivity contribution in [3.05, 3.63) is 47.8 Å². The van der Waals surface area contributed by atoms with Crippen LogP contribution in [-0.2, 0) is 17.6 Å². The Morgan fingerprint density at radius 3 is 2.25 bits per heavy atom. The van der Waals surface area contributed by atoms with Crippen molar-refractivity contribution in [3.63, 3.8) is 0 Å². The van der Waals surface area contributed by atoms with Gasteiger partial charge in [0, 0.05) is 25.5 Å². The summed E-state index contributed by atoms with van der Waals surface area (Å²) >= 11 is 0. The molecule has 1 aliphatic rings. The Bertz CT molecular complexity index is 673. The molecule has 1 aromatic carbocycles. The predicted octanol–water partition coefficient (Wildman–Crippen LogP) is 1.00. The first kappa shape index (κ1) is 16.2. The van der Waals surface area contributed by atoms with E-state index in [9.17, 15) is 0 Å². The highest BCUT2D eigenvalue weighted by Gasteiger charge is 2.13. The fourth-order valence-corrected chi connectivity index (χ4v) is 2.58. The van der Waals surface area contributed by atoms with Gasteiger partial charge in [-0.05, 0) is 36.1 Å². The van der Waals surface area contributed by atoms with Crippen molar-refractivity contribution < 1.29 is 4.74 Å². The van der Waals surface area contributed by atoms with Crippen LogP contribution in [-0.4, -0.2) is 42.2 Å². The lowest BCUT2D eigenvalue weighted by Crippen LogP contribution is -2.37. The first-order valence-electron chi connectivity index (χ1n) is 8.03. The van der Waals surface area contributed by atoms with Gasteiger partial charge in [-0.15, -0.1) is 0 Å². The molecule has 0 bridgehead atoms. The van der Waals surface area contributed by atoms with E-state index in [-0.39, 0.29) is 5.96 Å². The van der Waals surface area contributed by atoms with Crippen molar-refractivity contribution in [1.82, 2.24) is 9.97 Å². The number of morpholine rings is 1. The summed E-state index contributed by atoms with van der Waals surface area (Å²) in [5.41, 5.74) is 13.8. The molecular formula is C17H22N6O. The molecule has 1 fully saturated rings. The van der Waals surface area contributed by atoms with E-state index in [0.29, 0.717) is 0 Å². The van der Waals surface area contributed by atoms with Gasteiger partial charge in [0.2, 0.25) is 5.95 Å². The number of nitrogens with zero attached hydrogens (tertiary/aromatic N) is 4. The van der Waals surface area contributed by atoms with E-state index in [2.05, 4.69) is 19.9 Å². The van der Waals surface area contributed by atoms with Crippen LogP contribution in [0, 0.1) is 0 Å². The van der Waals surface area contributed by atoms with Crippen LogP contribution >= 0.6 is 0 Å². The number of guanidine groups is 1. The lowest BCUT2D eigenvalue weighted by Gasteiger charge is -2.26. The summed E-state index contributed by atoms with van der Waals surface area (Å²) in [6.07, 6.45) is 5.63. The number of rotatable bonds is 5. The number of aliphatic imine (C=N–C) groups is 1. The SMILES string of the molecule is NC(N)=Nc1ccc(CCc2cnc(N3CCOCC3)nc2)cc1. The van der Waals surface area contributed by atoms with E-state index in [1.54, 1.807) is 0 Å². The van der Waals surface area contributed by atoms with E-state index in [4.69, 9.17) is 16.2 Å². The van der Waals surface area contributed by atoms with Crippen LogP contribution in [0.15, 0.2) is 41.7 Å². The molecule has 7 nitrogen and oxygen atoms in total. The Balaban J connectivity index is 1.55. The van der Waals surface area contributed by atoms with Crippen molar-refractivity contribution in [2.75, 3.05) is 31.2 Å². The van der Waals surface area contributed by atoms with Crippen molar-refractivity contribution in [1.29, 1.82) is 0 Å². The van der Waals surface area contributed by atoms with Crippen molar-refractivity contribution in [2.24, 2.45) is 16.5 Å². The van der Waals surface area contributed by atoms with Gasteiger partial charge in [0.25, 0.3) is 0 Å². The average Bonchev–Trinajstić information content (AvgIpc) is 2.62. The average molecular weight is 326 g/mol. The zero-order valence-electron chi connectivity index (χ0n) is 13.6. The number of aryl methyl sites for hydroxylation is 2. The van der Waals surface area contributed by atoms with Gasteiger partial charge in [-0.1, -0.05) is 12.1 Å². The summed E-state index contributed by atoms with van der Waals surface area (Å²) in [5, 5.41) is 0. The minimum Gasteiger partial charge on any atom is -0.378 e. The quantitative estimate of drug-likeness (QED) is 0.628. The molecule has 126 valence electrons. The molecule has 0 unspecified atom stereocenters. The van der Waals surface area contributed by atoms with E-state index in [1.165, 1.54) is 5.56 Å². The Hall–Kier alpha value is -2.67. The molecule has 7 heteroatoms. The van der Waals surface area contributed by atoms with Crippen LogP contribution in [0.2, 0.25) is 0 Å². The third kappa shape index (κ3) is 4.42. The molecule has 2 aromatic rings. The van der Waals surface area contributed by atoms with Gasteiger partial charge in [-0.3, -0.25) is 0 Å². The van der Waals surface area contributed by atoms with Gasteiger partial charge in [0.1, 0.15) is 0 Å². The molecule has 2 heterocycles. The van der Waals surface area contributed by atoms with Gasteiger partial charge < -0.3 is 21.1 Å². The first-order valence-corrected chi connectivity index (χ1v) is 8.03. The minimum atomic E-state index is 0.0697. The summed E-state index contributed by atoms with van der Waals surface area (Å²) in [5.74, 6) is 0.851. The third-order valence-electron chi connectivity index (χ3n) is 3.88. The number of nitrogens with two attached hydrogens (primary N) is 2. The number of hydrogen-bond acceptors (Lipinski definition) is 5. The monoisotopic (exact) mass is 326 g/mol. The van der Waals surface area contributed by atoms with Crippen LogP contribution in [0.4, 0.5) is 11.6 Å². The molecular weight excluding hydrogens is 304 g/mol. The number of anilines is 1. The molecule has 0 atom stereocenters. The van der Waals surface area contributed by atoms with Crippen LogP contribution in [0.5, 0.6) is 0 Å². The molecule has 0 saturated carbocycles. The molecule has 0 amide bonds. The van der Waals surface area contributed by atoms with E-state index >= 15 is 0 Å². The second kappa shape index (κ2) is 7.74. The summed E-state index contributed by atoms with van der Waals surface area (Å²) in [4.78, 5) is 15.1. The lowest BCUT2D eigenvalue weighted by atomic mass is 10.1. The number of ether oxygens (including phenoxy) is 1. The maximum Gasteiger partial charge on any atom is 0.225 e. The molecule has 24 heavy (non-hydrogen) atoms. The van der Waals surface area contributed by atoms with E-state index in [1.807, 2.05) is 36.7 Å². The Morgan fingerprint density at radius 1 is 1.00 bits per heavy atom. The molecule has 4 N–H and O–H groups in total. The summed E-state index contributed by atoms with van der Waals surface area (Å²) in [6.45, 7) is 3.17. The minimum absolute atomic E-state index is 0.0697. The maximum atomic E-state index is 5.37. The highest BCUT2D eigenvalue weighted by molar-refractivity contribution is 5.78. The summed E-state index contributed by atoms with van der Waals surface area (Å²) < 4.78 is 5.34. The normalized spacial score (nSPS) is 14.4. The molecule has 1 aromatic heterocycles. The summed E-state index contributed by atoms with van der Waals surface area (Å²) in [6, 6.07) is 7.88. The lowest BCUT2D eigenvalue weighted by molar-refractivity contribution is 0.122. The predicted molar refractivity (Wildman–Crippen MR) is 94.4 cm³/mol. The zero-order valence-corrected chi connectivity index (χ0v) is 13.6. The summed E-state index contributed by atoms with van der Waals surface area (Å²) in [7, 11) is 0. The molecule has 0 radical (unpaired) electrons. The maximum absolute atomic E-state index is 5.37. The van der Waals surface area contributed by atoms with E-state index in [0.717, 1.165) is 56.3 Å². The fourth-order valence-electron chi connectivity index (χ4n) is 2.58. The fraction of sp³-hybridized carbons (Fsp3) is 0.353. The molecule has 1 saturated heterocycles. The zero-order chi connectivity index (χ0) is 16.8. The van der Waals surface area contributed by atoms with E-state index < -0.39 is 0 Å². The molecule has 3 rings (SSSR count). The van der Waals surface area contributed by atoms with Crippen molar-refractivity contribution in [2.45, 2.75) is 12.8 Å². The van der Waals surface area contributed by atoms with Crippen molar-refractivity contribution >= 4 is 17.6 Å². The number of aromatic nitrogens is 2. The van der Waals surface area contributed by atoms with Crippen LogP contribution < -0.4 is 16.4 Å². The van der Waals surface area contributed by atoms with Gasteiger partial charge in [-0.2, -0.15) is 0 Å². The van der Waals surface area contributed by atoms with Gasteiger partial charge in [-0.25, -0.2) is 15.0 Å². The Labute approximate surface area is 141 Å². The largest absolute Gasteiger partial charge is 0.378 e. The first-order chi connectivity index (χ1) is 11.7. The second-order valence-electron chi connectivity index (χ2n) is 5.69. The Morgan fingerprint density at radius 2 is 1.62 bits per heavy atom. The molecule has 0 spiro atoms. The van der Waals surface area contributed by atoms with Crippen LogP contribution in [0.3, 0.4) is 0 Å². The Kier molecular flexibility index (Phi) is 5.22. The van der Waals surface area contributed by atoms with Crippen LogP contribution in [0.25, 0.3) is 0 Å². The van der Waals surface area contributed by atoms with Crippen LogP contribution in [0.1, 0.15) is 11.1 Å². The van der Waals surface area contributed by atoms with Gasteiger partial charge in [0.05, 0.1) is 18.9 Å². The standard InChI is InChI=1S/C17H22N6O/c18-16(19)22-15-5-3-13(4-6-15)1-2-14-11-20-17(21-12-14)23-7-9-24-10-8-23/h3-6,11-12H,1-2,7-10H2,(H4,18,19,22). The molecule has 0 aliphatic carbocycles. The number of hydrogen-bond donors (Lipinski definition) is 2. The third-order valence-corrected chi connectivity index (χ3v) is 3.88.